The molecular weight excluding hydrogens is 324 g/mol. The second kappa shape index (κ2) is 7.56. The minimum atomic E-state index is -0.244. The van der Waals surface area contributed by atoms with Crippen LogP contribution in [0.3, 0.4) is 0 Å². The van der Waals surface area contributed by atoms with Crippen LogP contribution in [-0.4, -0.2) is 22.5 Å². The molecule has 2 aromatic carbocycles. The van der Waals surface area contributed by atoms with Crippen molar-refractivity contribution >= 4 is 17.0 Å². The lowest BCUT2D eigenvalue weighted by molar-refractivity contribution is 0.0678. The second-order valence-electron chi connectivity index (χ2n) is 6.71. The van der Waals surface area contributed by atoms with Crippen LogP contribution in [0.5, 0.6) is 0 Å². The van der Waals surface area contributed by atoms with Gasteiger partial charge >= 0.3 is 6.09 Å². The normalized spacial score (nSPS) is 17.2. The van der Waals surface area contributed by atoms with Crippen molar-refractivity contribution in [1.29, 1.82) is 0 Å². The topological polar surface area (TPSA) is 42.4 Å². The highest BCUT2D eigenvalue weighted by molar-refractivity contribution is 5.79. The van der Waals surface area contributed by atoms with Gasteiger partial charge in [0.15, 0.2) is 0 Å². The number of carbonyl (C=O) groups is 1. The molecule has 132 valence electrons. The quantitative estimate of drug-likeness (QED) is 0.663. The minimum Gasteiger partial charge on any atom is -0.445 e. The third-order valence-corrected chi connectivity index (χ3v) is 4.94. The number of nitrogens with zero attached hydrogens (tertiary/aromatic N) is 2. The summed E-state index contributed by atoms with van der Waals surface area (Å²) in [7, 11) is 0. The Kier molecular flexibility index (Phi) is 4.82. The number of fused-ring (bicyclic) bond motifs is 1. The zero-order chi connectivity index (χ0) is 17.8. The molecule has 0 spiro atoms. The van der Waals surface area contributed by atoms with Gasteiger partial charge < -0.3 is 9.64 Å². The van der Waals surface area contributed by atoms with E-state index in [1.807, 2.05) is 59.6 Å². The number of hydrogen-bond acceptors (Lipinski definition) is 3. The van der Waals surface area contributed by atoms with Crippen molar-refractivity contribution < 1.29 is 9.53 Å². The lowest BCUT2D eigenvalue weighted by atomic mass is 9.96. The first kappa shape index (κ1) is 16.6. The number of amides is 1. The molecule has 4 heteroatoms. The molecule has 0 bridgehead atoms. The Hall–Kier alpha value is -2.88. The zero-order valence-corrected chi connectivity index (χ0v) is 14.7. The van der Waals surface area contributed by atoms with Crippen LogP contribution in [0.4, 0.5) is 4.79 Å². The summed E-state index contributed by atoms with van der Waals surface area (Å²) in [5.41, 5.74) is 3.06. The Bertz CT molecular complexity index is 895. The van der Waals surface area contributed by atoms with Crippen molar-refractivity contribution in [2.45, 2.75) is 31.9 Å². The van der Waals surface area contributed by atoms with Crippen molar-refractivity contribution in [3.8, 4) is 0 Å². The summed E-state index contributed by atoms with van der Waals surface area (Å²) < 4.78 is 5.57. The minimum absolute atomic E-state index is 0.0316. The van der Waals surface area contributed by atoms with Crippen LogP contribution in [0.15, 0.2) is 66.9 Å². The Morgan fingerprint density at radius 3 is 2.77 bits per heavy atom. The van der Waals surface area contributed by atoms with E-state index in [1.54, 1.807) is 0 Å². The Morgan fingerprint density at radius 1 is 1.08 bits per heavy atom. The Morgan fingerprint density at radius 2 is 1.88 bits per heavy atom. The first-order valence-corrected chi connectivity index (χ1v) is 9.13. The van der Waals surface area contributed by atoms with Gasteiger partial charge in [-0.25, -0.2) is 4.79 Å². The Balaban J connectivity index is 1.52. The SMILES string of the molecule is O=C(OCc1ccccc1)N1CCCC[C@@H]1c1cnc2ccccc2c1. The number of piperidine rings is 1. The Labute approximate surface area is 153 Å². The fourth-order valence-corrected chi connectivity index (χ4v) is 3.57. The molecule has 0 saturated carbocycles. The summed E-state index contributed by atoms with van der Waals surface area (Å²) in [5.74, 6) is 0. The van der Waals surface area contributed by atoms with Crippen molar-refractivity contribution in [2.75, 3.05) is 6.54 Å². The highest BCUT2D eigenvalue weighted by atomic mass is 16.6. The van der Waals surface area contributed by atoms with E-state index in [4.69, 9.17) is 4.74 Å². The maximum absolute atomic E-state index is 12.7. The molecule has 4 nitrogen and oxygen atoms in total. The molecule has 1 saturated heterocycles. The summed E-state index contributed by atoms with van der Waals surface area (Å²) >= 11 is 0. The van der Waals surface area contributed by atoms with E-state index in [-0.39, 0.29) is 12.1 Å². The third kappa shape index (κ3) is 3.54. The largest absolute Gasteiger partial charge is 0.445 e. The number of pyridine rings is 1. The molecule has 0 N–H and O–H groups in total. The van der Waals surface area contributed by atoms with E-state index in [1.165, 1.54) is 0 Å². The van der Waals surface area contributed by atoms with E-state index < -0.39 is 0 Å². The van der Waals surface area contributed by atoms with Crippen LogP contribution in [-0.2, 0) is 11.3 Å². The molecule has 0 radical (unpaired) electrons. The average Bonchev–Trinajstić information content (AvgIpc) is 2.72. The van der Waals surface area contributed by atoms with E-state index in [9.17, 15) is 4.79 Å². The van der Waals surface area contributed by atoms with Gasteiger partial charge in [0.2, 0.25) is 0 Å². The molecule has 1 amide bonds. The number of likely N-dealkylation sites (tertiary alicyclic amines) is 1. The number of para-hydroxylation sites is 1. The first-order chi connectivity index (χ1) is 12.8. The summed E-state index contributed by atoms with van der Waals surface area (Å²) in [6.07, 6.45) is 4.72. The van der Waals surface area contributed by atoms with Crippen LogP contribution >= 0.6 is 0 Å². The van der Waals surface area contributed by atoms with Gasteiger partial charge in [0.25, 0.3) is 0 Å². The van der Waals surface area contributed by atoms with Crippen LogP contribution < -0.4 is 0 Å². The first-order valence-electron chi connectivity index (χ1n) is 9.13. The molecule has 1 atom stereocenters. The molecule has 1 aromatic heterocycles. The predicted molar refractivity (Wildman–Crippen MR) is 102 cm³/mol. The number of carbonyl (C=O) groups excluding carboxylic acids is 1. The van der Waals surface area contributed by atoms with Gasteiger partial charge in [-0.3, -0.25) is 4.98 Å². The summed E-state index contributed by atoms with van der Waals surface area (Å²) in [6.45, 7) is 1.03. The van der Waals surface area contributed by atoms with E-state index in [2.05, 4.69) is 17.1 Å². The fraction of sp³-hybridized carbons (Fsp3) is 0.273. The second-order valence-corrected chi connectivity index (χ2v) is 6.71. The van der Waals surface area contributed by atoms with Crippen LogP contribution in [0.25, 0.3) is 10.9 Å². The molecule has 1 aliphatic rings. The number of aromatic nitrogens is 1. The molecule has 0 aliphatic carbocycles. The molecule has 0 unspecified atom stereocenters. The van der Waals surface area contributed by atoms with Gasteiger partial charge in [-0.1, -0.05) is 48.5 Å². The van der Waals surface area contributed by atoms with E-state index in [0.29, 0.717) is 6.61 Å². The third-order valence-electron chi connectivity index (χ3n) is 4.94. The van der Waals surface area contributed by atoms with Gasteiger partial charge in [-0.2, -0.15) is 0 Å². The molecule has 1 aliphatic heterocycles. The van der Waals surface area contributed by atoms with Crippen LogP contribution in [0, 0.1) is 0 Å². The summed E-state index contributed by atoms with van der Waals surface area (Å²) in [6, 6.07) is 20.0. The van der Waals surface area contributed by atoms with Crippen molar-refractivity contribution in [1.82, 2.24) is 9.88 Å². The van der Waals surface area contributed by atoms with Crippen LogP contribution in [0.1, 0.15) is 36.4 Å². The van der Waals surface area contributed by atoms with Crippen molar-refractivity contribution in [2.24, 2.45) is 0 Å². The van der Waals surface area contributed by atoms with Gasteiger partial charge in [0.1, 0.15) is 6.61 Å². The highest BCUT2D eigenvalue weighted by Crippen LogP contribution is 2.32. The smallest absolute Gasteiger partial charge is 0.410 e. The van der Waals surface area contributed by atoms with E-state index >= 15 is 0 Å². The molecular formula is C22H22N2O2. The van der Waals surface area contributed by atoms with Crippen molar-refractivity contribution in [3.63, 3.8) is 0 Å². The summed E-state index contributed by atoms with van der Waals surface area (Å²) in [5, 5.41) is 1.10. The summed E-state index contributed by atoms with van der Waals surface area (Å²) in [4.78, 5) is 19.1. The molecule has 1 fully saturated rings. The highest BCUT2D eigenvalue weighted by Gasteiger charge is 2.29. The van der Waals surface area contributed by atoms with Gasteiger partial charge in [-0.15, -0.1) is 0 Å². The van der Waals surface area contributed by atoms with Gasteiger partial charge in [0.05, 0.1) is 11.6 Å². The predicted octanol–water partition coefficient (Wildman–Crippen LogP) is 5.10. The number of rotatable bonds is 3. The molecule has 26 heavy (non-hydrogen) atoms. The lowest BCUT2D eigenvalue weighted by Crippen LogP contribution is -2.38. The standard InChI is InChI=1S/C22H22N2O2/c25-22(26-16-17-8-2-1-3-9-17)24-13-7-6-12-21(24)19-14-18-10-4-5-11-20(18)23-15-19/h1-5,8-11,14-15,21H,6-7,12-13,16H2/t21-/m1/s1. The monoisotopic (exact) mass is 346 g/mol. The molecule has 4 rings (SSSR count). The maximum Gasteiger partial charge on any atom is 0.410 e. The maximum atomic E-state index is 12.7. The molecule has 2 heterocycles. The van der Waals surface area contributed by atoms with E-state index in [0.717, 1.165) is 47.8 Å². The van der Waals surface area contributed by atoms with Crippen molar-refractivity contribution in [3.05, 3.63) is 78.0 Å². The number of hydrogen-bond donors (Lipinski definition) is 0. The number of benzene rings is 2. The van der Waals surface area contributed by atoms with Gasteiger partial charge in [-0.05, 0) is 42.5 Å². The number of ether oxygens (including phenoxy) is 1. The fourth-order valence-electron chi connectivity index (χ4n) is 3.57. The lowest BCUT2D eigenvalue weighted by Gasteiger charge is -2.35. The van der Waals surface area contributed by atoms with Gasteiger partial charge in [0, 0.05) is 18.1 Å². The average molecular weight is 346 g/mol. The zero-order valence-electron chi connectivity index (χ0n) is 14.7. The molecule has 3 aromatic rings. The van der Waals surface area contributed by atoms with Crippen LogP contribution in [0.2, 0.25) is 0 Å².